The number of carbonyl (C=O) groups excluding carboxylic acids is 1. The van der Waals surface area contributed by atoms with Crippen LogP contribution < -0.4 is 11.1 Å². The molecular weight excluding hydrogens is 248 g/mol. The van der Waals surface area contributed by atoms with Gasteiger partial charge in [0.25, 0.3) is 5.91 Å². The summed E-state index contributed by atoms with van der Waals surface area (Å²) < 4.78 is 0. The Morgan fingerprint density at radius 1 is 1.15 bits per heavy atom. The van der Waals surface area contributed by atoms with Gasteiger partial charge in [0.05, 0.1) is 0 Å². The summed E-state index contributed by atoms with van der Waals surface area (Å²) in [7, 11) is 0. The molecule has 0 atom stereocenters. The van der Waals surface area contributed by atoms with Crippen molar-refractivity contribution < 1.29 is 4.79 Å². The van der Waals surface area contributed by atoms with E-state index in [0.717, 1.165) is 34.5 Å². The molecule has 0 fully saturated rings. The first-order valence-electron chi connectivity index (χ1n) is 6.79. The predicted molar refractivity (Wildman–Crippen MR) is 84.1 cm³/mol. The minimum atomic E-state index is -0.0781. The Morgan fingerprint density at radius 2 is 1.85 bits per heavy atom. The summed E-state index contributed by atoms with van der Waals surface area (Å²) in [5.41, 5.74) is 11.2. The van der Waals surface area contributed by atoms with E-state index in [-0.39, 0.29) is 5.91 Å². The largest absolute Gasteiger partial charge is 0.399 e. The Balaban J connectivity index is 2.35. The fourth-order valence-corrected chi connectivity index (χ4v) is 2.36. The quantitative estimate of drug-likeness (QED) is 0.834. The van der Waals surface area contributed by atoms with Crippen LogP contribution in [0.5, 0.6) is 0 Å². The van der Waals surface area contributed by atoms with Gasteiger partial charge < -0.3 is 11.1 Å². The van der Waals surface area contributed by atoms with E-state index >= 15 is 0 Å². The number of anilines is 2. The average Bonchev–Trinajstić information content (AvgIpc) is 2.41. The molecule has 20 heavy (non-hydrogen) atoms. The summed E-state index contributed by atoms with van der Waals surface area (Å²) in [6.45, 7) is 5.95. The van der Waals surface area contributed by atoms with Crippen molar-refractivity contribution in [1.82, 2.24) is 0 Å². The summed E-state index contributed by atoms with van der Waals surface area (Å²) in [5.74, 6) is -0.0781. The highest BCUT2D eigenvalue weighted by Crippen LogP contribution is 2.25. The second-order valence-electron chi connectivity index (χ2n) is 4.99. The highest BCUT2D eigenvalue weighted by molar-refractivity contribution is 6.06. The molecule has 0 spiro atoms. The molecule has 2 aromatic rings. The molecule has 2 aromatic carbocycles. The standard InChI is InChI=1S/C17H20N2O/c1-4-13-10-14(18)9-12(3)16(13)19-17(20)15-8-6-5-7-11(15)2/h5-10H,4,18H2,1-3H3,(H,19,20). The molecule has 0 unspecified atom stereocenters. The third-order valence-corrected chi connectivity index (χ3v) is 3.45. The number of amides is 1. The van der Waals surface area contributed by atoms with Gasteiger partial charge in [-0.1, -0.05) is 25.1 Å². The van der Waals surface area contributed by atoms with Gasteiger partial charge in [-0.3, -0.25) is 4.79 Å². The lowest BCUT2D eigenvalue weighted by atomic mass is 10.0. The molecule has 0 heterocycles. The zero-order valence-corrected chi connectivity index (χ0v) is 12.2. The second-order valence-corrected chi connectivity index (χ2v) is 4.99. The molecule has 0 bridgehead atoms. The van der Waals surface area contributed by atoms with Crippen LogP contribution in [0.4, 0.5) is 11.4 Å². The summed E-state index contributed by atoms with van der Waals surface area (Å²) in [5, 5.41) is 3.02. The molecule has 3 nitrogen and oxygen atoms in total. The fraction of sp³-hybridized carbons (Fsp3) is 0.235. The number of nitrogen functional groups attached to an aromatic ring is 1. The fourth-order valence-electron chi connectivity index (χ4n) is 2.36. The molecular formula is C17H20N2O. The van der Waals surface area contributed by atoms with Crippen molar-refractivity contribution >= 4 is 17.3 Å². The highest BCUT2D eigenvalue weighted by atomic mass is 16.1. The third kappa shape index (κ3) is 2.82. The lowest BCUT2D eigenvalue weighted by Crippen LogP contribution is -2.15. The zero-order valence-electron chi connectivity index (χ0n) is 12.2. The van der Waals surface area contributed by atoms with Gasteiger partial charge in [-0.05, 0) is 55.2 Å². The summed E-state index contributed by atoms with van der Waals surface area (Å²) in [6, 6.07) is 11.4. The van der Waals surface area contributed by atoms with E-state index in [1.54, 1.807) is 0 Å². The summed E-state index contributed by atoms with van der Waals surface area (Å²) in [6.07, 6.45) is 0.829. The highest BCUT2D eigenvalue weighted by Gasteiger charge is 2.12. The van der Waals surface area contributed by atoms with Gasteiger partial charge in [0.15, 0.2) is 0 Å². The van der Waals surface area contributed by atoms with Crippen molar-refractivity contribution in [2.24, 2.45) is 0 Å². The predicted octanol–water partition coefficient (Wildman–Crippen LogP) is 3.70. The Hall–Kier alpha value is -2.29. The van der Waals surface area contributed by atoms with Crippen LogP contribution in [0.2, 0.25) is 0 Å². The van der Waals surface area contributed by atoms with Gasteiger partial charge in [-0.2, -0.15) is 0 Å². The van der Waals surface area contributed by atoms with E-state index in [9.17, 15) is 4.79 Å². The van der Waals surface area contributed by atoms with E-state index in [4.69, 9.17) is 5.73 Å². The maximum Gasteiger partial charge on any atom is 0.255 e. The molecule has 3 N–H and O–H groups in total. The minimum absolute atomic E-state index is 0.0781. The zero-order chi connectivity index (χ0) is 14.7. The Kier molecular flexibility index (Phi) is 4.08. The number of hydrogen-bond donors (Lipinski definition) is 2. The van der Waals surface area contributed by atoms with E-state index in [0.29, 0.717) is 5.56 Å². The van der Waals surface area contributed by atoms with Crippen LogP contribution in [0.15, 0.2) is 36.4 Å². The Bertz CT molecular complexity index is 647. The summed E-state index contributed by atoms with van der Waals surface area (Å²) in [4.78, 5) is 12.4. The number of carbonyl (C=O) groups is 1. The molecule has 0 aromatic heterocycles. The summed E-state index contributed by atoms with van der Waals surface area (Å²) >= 11 is 0. The van der Waals surface area contributed by atoms with Crippen LogP contribution >= 0.6 is 0 Å². The van der Waals surface area contributed by atoms with Crippen molar-refractivity contribution in [1.29, 1.82) is 0 Å². The first-order chi connectivity index (χ1) is 9.52. The molecule has 2 rings (SSSR count). The average molecular weight is 268 g/mol. The number of benzene rings is 2. The Morgan fingerprint density at radius 3 is 2.50 bits per heavy atom. The lowest BCUT2D eigenvalue weighted by Gasteiger charge is -2.15. The molecule has 0 aliphatic carbocycles. The van der Waals surface area contributed by atoms with Crippen molar-refractivity contribution in [2.75, 3.05) is 11.1 Å². The maximum absolute atomic E-state index is 12.4. The van der Waals surface area contributed by atoms with E-state index in [2.05, 4.69) is 12.2 Å². The van der Waals surface area contributed by atoms with Crippen molar-refractivity contribution in [2.45, 2.75) is 27.2 Å². The number of nitrogens with one attached hydrogen (secondary N) is 1. The van der Waals surface area contributed by atoms with Crippen molar-refractivity contribution in [3.63, 3.8) is 0 Å². The number of rotatable bonds is 3. The van der Waals surface area contributed by atoms with Crippen molar-refractivity contribution in [3.05, 3.63) is 58.7 Å². The van der Waals surface area contributed by atoms with Gasteiger partial charge >= 0.3 is 0 Å². The Labute approximate surface area is 119 Å². The molecule has 0 aliphatic rings. The molecule has 0 aliphatic heterocycles. The van der Waals surface area contributed by atoms with Gasteiger partial charge in [0, 0.05) is 16.9 Å². The van der Waals surface area contributed by atoms with Gasteiger partial charge in [0.1, 0.15) is 0 Å². The molecule has 0 saturated heterocycles. The number of aryl methyl sites for hydroxylation is 3. The molecule has 0 radical (unpaired) electrons. The van der Waals surface area contributed by atoms with Crippen LogP contribution in [0.1, 0.15) is 34.0 Å². The van der Waals surface area contributed by atoms with Gasteiger partial charge in [-0.15, -0.1) is 0 Å². The van der Waals surface area contributed by atoms with Crippen molar-refractivity contribution in [3.8, 4) is 0 Å². The van der Waals surface area contributed by atoms with Crippen LogP contribution in [0.3, 0.4) is 0 Å². The number of nitrogens with two attached hydrogens (primary N) is 1. The molecule has 1 amide bonds. The second kappa shape index (κ2) is 5.78. The first-order valence-corrected chi connectivity index (χ1v) is 6.79. The maximum atomic E-state index is 12.4. The van der Waals surface area contributed by atoms with Crippen LogP contribution in [0, 0.1) is 13.8 Å². The van der Waals surface area contributed by atoms with Crippen LogP contribution in [-0.2, 0) is 6.42 Å². The van der Waals surface area contributed by atoms with Crippen LogP contribution in [-0.4, -0.2) is 5.91 Å². The molecule has 3 heteroatoms. The molecule has 0 saturated carbocycles. The minimum Gasteiger partial charge on any atom is -0.399 e. The third-order valence-electron chi connectivity index (χ3n) is 3.45. The monoisotopic (exact) mass is 268 g/mol. The lowest BCUT2D eigenvalue weighted by molar-refractivity contribution is 0.102. The van der Waals surface area contributed by atoms with E-state index in [1.807, 2.05) is 50.2 Å². The topological polar surface area (TPSA) is 55.1 Å². The SMILES string of the molecule is CCc1cc(N)cc(C)c1NC(=O)c1ccccc1C. The van der Waals surface area contributed by atoms with E-state index in [1.165, 1.54) is 0 Å². The smallest absolute Gasteiger partial charge is 0.255 e. The number of hydrogen-bond acceptors (Lipinski definition) is 2. The first kappa shape index (κ1) is 14.1. The molecule has 104 valence electrons. The van der Waals surface area contributed by atoms with Gasteiger partial charge in [-0.25, -0.2) is 0 Å². The van der Waals surface area contributed by atoms with Crippen LogP contribution in [0.25, 0.3) is 0 Å². The van der Waals surface area contributed by atoms with E-state index < -0.39 is 0 Å². The van der Waals surface area contributed by atoms with Gasteiger partial charge in [0.2, 0.25) is 0 Å². The normalized spacial score (nSPS) is 10.3.